The minimum absolute atomic E-state index is 0. The van der Waals surface area contributed by atoms with Crippen molar-refractivity contribution in [1.29, 1.82) is 0 Å². The molecule has 2 rings (SSSR count). The maximum Gasteiger partial charge on any atom is 0.224 e. The zero-order chi connectivity index (χ0) is 14.4. The van der Waals surface area contributed by atoms with Crippen LogP contribution < -0.4 is 15.4 Å². The van der Waals surface area contributed by atoms with Crippen molar-refractivity contribution in [2.24, 2.45) is 5.92 Å². The molecule has 0 aliphatic carbocycles. The van der Waals surface area contributed by atoms with Crippen LogP contribution in [0.1, 0.15) is 19.8 Å². The van der Waals surface area contributed by atoms with E-state index < -0.39 is 0 Å². The zero-order valence-corrected chi connectivity index (χ0v) is 13.7. The van der Waals surface area contributed by atoms with E-state index in [2.05, 4.69) is 10.6 Å². The highest BCUT2D eigenvalue weighted by molar-refractivity contribution is 6.32. The SMILES string of the molecule is CCC(CNC(=O)C1CCNC1)Oc1ccccc1Cl.Cl. The van der Waals surface area contributed by atoms with E-state index in [4.69, 9.17) is 16.3 Å². The fourth-order valence-corrected chi connectivity index (χ4v) is 2.41. The lowest BCUT2D eigenvalue weighted by atomic mass is 10.1. The monoisotopic (exact) mass is 332 g/mol. The molecule has 118 valence electrons. The van der Waals surface area contributed by atoms with E-state index in [-0.39, 0.29) is 30.3 Å². The number of benzene rings is 1. The van der Waals surface area contributed by atoms with Crippen LogP contribution in [0.15, 0.2) is 24.3 Å². The molecule has 1 amide bonds. The average Bonchev–Trinajstić information content (AvgIpc) is 2.99. The molecule has 1 aliphatic rings. The van der Waals surface area contributed by atoms with E-state index in [1.54, 1.807) is 6.07 Å². The number of carbonyl (C=O) groups is 1. The molecule has 0 spiro atoms. The smallest absolute Gasteiger partial charge is 0.224 e. The van der Waals surface area contributed by atoms with Crippen molar-refractivity contribution in [3.8, 4) is 5.75 Å². The molecule has 1 aromatic carbocycles. The predicted octanol–water partition coefficient (Wildman–Crippen LogP) is 2.64. The van der Waals surface area contributed by atoms with Crippen molar-refractivity contribution in [3.63, 3.8) is 0 Å². The second-order valence-electron chi connectivity index (χ2n) is 5.01. The summed E-state index contributed by atoms with van der Waals surface area (Å²) in [5.41, 5.74) is 0. The quantitative estimate of drug-likeness (QED) is 0.841. The van der Waals surface area contributed by atoms with Gasteiger partial charge >= 0.3 is 0 Å². The van der Waals surface area contributed by atoms with Crippen molar-refractivity contribution >= 4 is 29.9 Å². The summed E-state index contributed by atoms with van der Waals surface area (Å²) < 4.78 is 5.85. The first-order valence-corrected chi connectivity index (χ1v) is 7.48. The van der Waals surface area contributed by atoms with Crippen molar-refractivity contribution in [1.82, 2.24) is 10.6 Å². The van der Waals surface area contributed by atoms with Gasteiger partial charge in [-0.05, 0) is 31.5 Å². The van der Waals surface area contributed by atoms with E-state index in [0.29, 0.717) is 17.3 Å². The third kappa shape index (κ3) is 5.38. The summed E-state index contributed by atoms with van der Waals surface area (Å²) >= 11 is 6.07. The second-order valence-corrected chi connectivity index (χ2v) is 5.42. The number of rotatable bonds is 6. The topological polar surface area (TPSA) is 50.4 Å². The summed E-state index contributed by atoms with van der Waals surface area (Å²) in [7, 11) is 0. The molecule has 6 heteroatoms. The first-order chi connectivity index (χ1) is 9.70. The zero-order valence-electron chi connectivity index (χ0n) is 12.1. The van der Waals surface area contributed by atoms with Gasteiger partial charge in [-0.25, -0.2) is 0 Å². The Kier molecular flexibility index (Phi) is 7.86. The van der Waals surface area contributed by atoms with Crippen LogP contribution in [0.4, 0.5) is 0 Å². The fourth-order valence-electron chi connectivity index (χ4n) is 2.23. The fraction of sp³-hybridized carbons (Fsp3) is 0.533. The summed E-state index contributed by atoms with van der Waals surface area (Å²) in [6.07, 6.45) is 1.66. The molecule has 1 aromatic rings. The maximum atomic E-state index is 12.0. The van der Waals surface area contributed by atoms with Crippen LogP contribution in [0.2, 0.25) is 5.02 Å². The molecule has 21 heavy (non-hydrogen) atoms. The highest BCUT2D eigenvalue weighted by Crippen LogP contribution is 2.24. The minimum Gasteiger partial charge on any atom is -0.487 e. The van der Waals surface area contributed by atoms with Crippen molar-refractivity contribution in [2.75, 3.05) is 19.6 Å². The van der Waals surface area contributed by atoms with Gasteiger partial charge in [0.05, 0.1) is 17.5 Å². The van der Waals surface area contributed by atoms with Crippen LogP contribution in [0.3, 0.4) is 0 Å². The molecule has 2 atom stereocenters. The van der Waals surface area contributed by atoms with Gasteiger partial charge in [0.1, 0.15) is 11.9 Å². The van der Waals surface area contributed by atoms with E-state index >= 15 is 0 Å². The number of carbonyl (C=O) groups excluding carboxylic acids is 1. The van der Waals surface area contributed by atoms with E-state index in [0.717, 1.165) is 25.9 Å². The lowest BCUT2D eigenvalue weighted by Gasteiger charge is -2.20. The number of halogens is 2. The van der Waals surface area contributed by atoms with E-state index in [1.165, 1.54) is 0 Å². The Morgan fingerprint density at radius 3 is 2.90 bits per heavy atom. The Bertz CT molecular complexity index is 451. The Morgan fingerprint density at radius 1 is 1.52 bits per heavy atom. The molecule has 2 unspecified atom stereocenters. The molecule has 1 saturated heterocycles. The normalized spacial score (nSPS) is 18.7. The Labute approximate surface area is 137 Å². The first kappa shape index (κ1) is 18.1. The number of nitrogens with one attached hydrogen (secondary N) is 2. The number of para-hydroxylation sites is 1. The van der Waals surface area contributed by atoms with Crippen LogP contribution in [0.5, 0.6) is 5.75 Å². The van der Waals surface area contributed by atoms with Gasteiger partial charge in [-0.2, -0.15) is 0 Å². The molecule has 0 bridgehead atoms. The number of hydrogen-bond donors (Lipinski definition) is 2. The van der Waals surface area contributed by atoms with Crippen LogP contribution >= 0.6 is 24.0 Å². The highest BCUT2D eigenvalue weighted by atomic mass is 35.5. The lowest BCUT2D eigenvalue weighted by molar-refractivity contribution is -0.124. The molecular weight excluding hydrogens is 311 g/mol. The van der Waals surface area contributed by atoms with Gasteiger partial charge in [0.25, 0.3) is 0 Å². The van der Waals surface area contributed by atoms with Crippen LogP contribution in [0, 0.1) is 5.92 Å². The molecule has 1 heterocycles. The summed E-state index contributed by atoms with van der Waals surface area (Å²) in [5, 5.41) is 6.76. The van der Waals surface area contributed by atoms with Gasteiger partial charge in [0.15, 0.2) is 0 Å². The van der Waals surface area contributed by atoms with Gasteiger partial charge in [-0.15, -0.1) is 12.4 Å². The largest absolute Gasteiger partial charge is 0.487 e. The molecular formula is C15H22Cl2N2O2. The molecule has 2 N–H and O–H groups in total. The molecule has 0 saturated carbocycles. The number of ether oxygens (including phenoxy) is 1. The summed E-state index contributed by atoms with van der Waals surface area (Å²) in [6, 6.07) is 7.39. The van der Waals surface area contributed by atoms with Gasteiger partial charge in [-0.3, -0.25) is 4.79 Å². The highest BCUT2D eigenvalue weighted by Gasteiger charge is 2.23. The van der Waals surface area contributed by atoms with Gasteiger partial charge in [0, 0.05) is 6.54 Å². The van der Waals surface area contributed by atoms with Crippen molar-refractivity contribution < 1.29 is 9.53 Å². The van der Waals surface area contributed by atoms with Crippen molar-refractivity contribution in [3.05, 3.63) is 29.3 Å². The molecule has 4 nitrogen and oxygen atoms in total. The molecule has 0 aromatic heterocycles. The van der Waals surface area contributed by atoms with E-state index in [1.807, 2.05) is 25.1 Å². The maximum absolute atomic E-state index is 12.0. The minimum atomic E-state index is -0.0618. The molecule has 1 aliphatic heterocycles. The Morgan fingerprint density at radius 2 is 2.29 bits per heavy atom. The van der Waals surface area contributed by atoms with Crippen molar-refractivity contribution in [2.45, 2.75) is 25.9 Å². The van der Waals surface area contributed by atoms with Crippen LogP contribution in [-0.2, 0) is 4.79 Å². The van der Waals surface area contributed by atoms with Gasteiger partial charge < -0.3 is 15.4 Å². The number of amides is 1. The summed E-state index contributed by atoms with van der Waals surface area (Å²) in [5.74, 6) is 0.863. The lowest BCUT2D eigenvalue weighted by Crippen LogP contribution is -2.39. The standard InChI is InChI=1S/C15H21ClN2O2.ClH/c1-2-12(20-14-6-4-3-5-13(14)16)10-18-15(19)11-7-8-17-9-11;/h3-6,11-12,17H,2,7-10H2,1H3,(H,18,19);1H. The van der Waals surface area contributed by atoms with Gasteiger partial charge in [-0.1, -0.05) is 30.7 Å². The predicted molar refractivity (Wildman–Crippen MR) is 87.4 cm³/mol. The third-order valence-corrected chi connectivity index (χ3v) is 3.83. The second kappa shape index (κ2) is 9.13. The van der Waals surface area contributed by atoms with Crippen LogP contribution in [0.25, 0.3) is 0 Å². The van der Waals surface area contributed by atoms with Crippen LogP contribution in [-0.4, -0.2) is 31.6 Å². The average molecular weight is 333 g/mol. The van der Waals surface area contributed by atoms with E-state index in [9.17, 15) is 4.79 Å². The first-order valence-electron chi connectivity index (χ1n) is 7.10. The summed E-state index contributed by atoms with van der Waals surface area (Å²) in [6.45, 7) is 4.24. The third-order valence-electron chi connectivity index (χ3n) is 3.52. The molecule has 0 radical (unpaired) electrons. The molecule has 1 fully saturated rings. The van der Waals surface area contributed by atoms with Gasteiger partial charge in [0.2, 0.25) is 5.91 Å². The summed E-state index contributed by atoms with van der Waals surface area (Å²) in [4.78, 5) is 12.0. The number of hydrogen-bond acceptors (Lipinski definition) is 3. The Hall–Kier alpha value is -0.970. The Balaban J connectivity index is 0.00000220.